The van der Waals surface area contributed by atoms with E-state index in [0.717, 1.165) is 11.3 Å². The Hall–Kier alpha value is -4.07. The molecule has 0 aliphatic rings. The lowest BCUT2D eigenvalue weighted by molar-refractivity contribution is -0.147. The quantitative estimate of drug-likeness (QED) is 0.487. The van der Waals surface area contributed by atoms with Gasteiger partial charge in [0, 0.05) is 29.2 Å². The molecule has 1 heterocycles. The number of carbonyl (C=O) groups is 3. The molecular formula is C26H28N2O6. The fourth-order valence-electron chi connectivity index (χ4n) is 3.28. The molecule has 8 nitrogen and oxygen atoms in total. The van der Waals surface area contributed by atoms with Crippen molar-refractivity contribution in [3.05, 3.63) is 89.7 Å². The first-order valence-electron chi connectivity index (χ1n) is 10.8. The molecule has 0 fully saturated rings. The lowest BCUT2D eigenvalue weighted by Gasteiger charge is -2.33. The van der Waals surface area contributed by atoms with E-state index in [1.54, 1.807) is 32.9 Å². The van der Waals surface area contributed by atoms with Gasteiger partial charge in [0.2, 0.25) is 0 Å². The van der Waals surface area contributed by atoms with Gasteiger partial charge < -0.3 is 19.1 Å². The molecule has 1 N–H and O–H groups in total. The molecule has 178 valence electrons. The smallest absolute Gasteiger partial charge is 0.411 e. The molecule has 0 spiro atoms. The first-order valence-corrected chi connectivity index (χ1v) is 10.8. The minimum atomic E-state index is -1.12. The second-order valence-electron chi connectivity index (χ2n) is 8.69. The van der Waals surface area contributed by atoms with Crippen LogP contribution in [0.25, 0.3) is 5.69 Å². The highest BCUT2D eigenvalue weighted by molar-refractivity contribution is 5.89. The number of aromatic nitrogens is 1. The van der Waals surface area contributed by atoms with Crippen molar-refractivity contribution in [1.82, 2.24) is 9.47 Å². The van der Waals surface area contributed by atoms with Gasteiger partial charge in [0.15, 0.2) is 0 Å². The Morgan fingerprint density at radius 1 is 0.912 bits per heavy atom. The normalized spacial score (nSPS) is 11.0. The summed E-state index contributed by atoms with van der Waals surface area (Å²) >= 11 is 0. The molecule has 0 saturated carbocycles. The van der Waals surface area contributed by atoms with Gasteiger partial charge in [0.05, 0.1) is 5.56 Å². The van der Waals surface area contributed by atoms with Gasteiger partial charge in [-0.15, -0.1) is 0 Å². The number of carboxylic acid groups (broad SMARTS) is 1. The zero-order valence-corrected chi connectivity index (χ0v) is 19.4. The van der Waals surface area contributed by atoms with E-state index in [1.807, 2.05) is 59.4 Å². The summed E-state index contributed by atoms with van der Waals surface area (Å²) in [6.07, 6.45) is 2.91. The molecule has 3 rings (SSSR count). The molecule has 0 radical (unpaired) electrons. The Labute approximate surface area is 198 Å². The van der Waals surface area contributed by atoms with Crippen molar-refractivity contribution in [2.75, 3.05) is 6.54 Å². The number of hydrogen-bond acceptors (Lipinski definition) is 5. The summed E-state index contributed by atoms with van der Waals surface area (Å²) in [4.78, 5) is 38.3. The van der Waals surface area contributed by atoms with E-state index in [1.165, 1.54) is 11.0 Å². The van der Waals surface area contributed by atoms with E-state index in [2.05, 4.69) is 0 Å². The van der Waals surface area contributed by atoms with Gasteiger partial charge in [0.1, 0.15) is 19.8 Å². The van der Waals surface area contributed by atoms with Gasteiger partial charge in [-0.2, -0.15) is 0 Å². The molecule has 3 aromatic rings. The lowest BCUT2D eigenvalue weighted by atomic mass is 10.1. The van der Waals surface area contributed by atoms with Crippen molar-refractivity contribution >= 4 is 18.0 Å². The maximum atomic E-state index is 12.9. The van der Waals surface area contributed by atoms with Crippen LogP contribution in [0.2, 0.25) is 0 Å². The summed E-state index contributed by atoms with van der Waals surface area (Å²) in [5.41, 5.74) is 1.22. The van der Waals surface area contributed by atoms with E-state index in [0.29, 0.717) is 5.56 Å². The Morgan fingerprint density at radius 3 is 2.21 bits per heavy atom. The molecule has 8 heteroatoms. The Kier molecular flexibility index (Phi) is 7.73. The van der Waals surface area contributed by atoms with E-state index < -0.39 is 23.6 Å². The fraction of sp³-hybridized carbons (Fsp3) is 0.269. The third-order valence-electron chi connectivity index (χ3n) is 5.13. The number of nitrogens with zero attached hydrogens (tertiary/aromatic N) is 2. The molecule has 34 heavy (non-hydrogen) atoms. The minimum absolute atomic E-state index is 0.0354. The number of amides is 1. The first kappa shape index (κ1) is 24.6. The number of ether oxygens (including phenoxy) is 2. The highest BCUT2D eigenvalue weighted by Crippen LogP contribution is 2.20. The summed E-state index contributed by atoms with van der Waals surface area (Å²) in [5.74, 6) is -1.70. The zero-order chi connectivity index (χ0) is 24.7. The molecule has 0 saturated heterocycles. The molecule has 0 atom stereocenters. The number of rotatable bonds is 8. The van der Waals surface area contributed by atoms with Crippen LogP contribution >= 0.6 is 0 Å². The predicted octanol–water partition coefficient (Wildman–Crippen LogP) is 4.66. The number of carbonyl (C=O) groups excluding carboxylic acids is 2. The number of esters is 1. The third kappa shape index (κ3) is 6.48. The molecule has 0 aliphatic carbocycles. The van der Waals surface area contributed by atoms with Crippen molar-refractivity contribution < 1.29 is 29.0 Å². The molecule has 2 aromatic carbocycles. The van der Waals surface area contributed by atoms with E-state index in [4.69, 9.17) is 9.47 Å². The predicted molar refractivity (Wildman–Crippen MR) is 126 cm³/mol. The maximum absolute atomic E-state index is 12.9. The summed E-state index contributed by atoms with van der Waals surface area (Å²) in [7, 11) is 0. The van der Waals surface area contributed by atoms with E-state index >= 15 is 0 Å². The van der Waals surface area contributed by atoms with Crippen LogP contribution in [-0.4, -0.2) is 44.7 Å². The topological polar surface area (TPSA) is 98.1 Å². The van der Waals surface area contributed by atoms with Crippen molar-refractivity contribution in [2.45, 2.75) is 39.5 Å². The van der Waals surface area contributed by atoms with Gasteiger partial charge in [-0.3, -0.25) is 9.69 Å². The van der Waals surface area contributed by atoms with Crippen molar-refractivity contribution in [2.24, 2.45) is 0 Å². The van der Waals surface area contributed by atoms with Crippen LogP contribution in [0.3, 0.4) is 0 Å². The average Bonchev–Trinajstić information content (AvgIpc) is 3.34. The van der Waals surface area contributed by atoms with Gasteiger partial charge in [-0.1, -0.05) is 30.3 Å². The average molecular weight is 465 g/mol. The first-order chi connectivity index (χ1) is 16.1. The third-order valence-corrected chi connectivity index (χ3v) is 5.13. The number of hydrogen-bond donors (Lipinski definition) is 1. The number of carboxylic acids is 1. The van der Waals surface area contributed by atoms with E-state index in [-0.39, 0.29) is 25.3 Å². The van der Waals surface area contributed by atoms with Crippen LogP contribution in [0.5, 0.6) is 0 Å². The Balaban J connectivity index is 1.69. The molecular weight excluding hydrogens is 436 g/mol. The van der Waals surface area contributed by atoms with Gasteiger partial charge in [-0.05, 0) is 56.7 Å². The summed E-state index contributed by atoms with van der Waals surface area (Å²) in [6, 6.07) is 17.8. The summed E-state index contributed by atoms with van der Waals surface area (Å²) < 4.78 is 12.6. The van der Waals surface area contributed by atoms with Gasteiger partial charge in [-0.25, -0.2) is 9.59 Å². The van der Waals surface area contributed by atoms with Crippen LogP contribution in [0.4, 0.5) is 4.79 Å². The standard InChI is InChI=1S/C26H28N2O6/c1-26(2,3)28(16-23(29)33-17-19-9-5-4-6-10-19)25(32)34-18-20-15-21(27-13-7-8-14-27)11-12-22(20)24(30)31/h4-15H,16-18H2,1-3H3,(H,30,31). The molecule has 0 bridgehead atoms. The highest BCUT2D eigenvalue weighted by atomic mass is 16.6. The van der Waals surface area contributed by atoms with Crippen molar-refractivity contribution in [3.8, 4) is 5.69 Å². The second-order valence-corrected chi connectivity index (χ2v) is 8.69. The van der Waals surface area contributed by atoms with Gasteiger partial charge >= 0.3 is 18.0 Å². The van der Waals surface area contributed by atoms with Crippen molar-refractivity contribution in [3.63, 3.8) is 0 Å². The summed E-state index contributed by atoms with van der Waals surface area (Å²) in [6.45, 7) is 4.85. The second kappa shape index (κ2) is 10.7. The lowest BCUT2D eigenvalue weighted by Crippen LogP contribution is -2.48. The van der Waals surface area contributed by atoms with E-state index in [9.17, 15) is 19.5 Å². The van der Waals surface area contributed by atoms with Crippen molar-refractivity contribution in [1.29, 1.82) is 0 Å². The van der Waals surface area contributed by atoms with Gasteiger partial charge in [0.25, 0.3) is 0 Å². The fourth-order valence-corrected chi connectivity index (χ4v) is 3.28. The Morgan fingerprint density at radius 2 is 1.59 bits per heavy atom. The molecule has 0 aliphatic heterocycles. The molecule has 0 unspecified atom stereocenters. The minimum Gasteiger partial charge on any atom is -0.478 e. The zero-order valence-electron chi connectivity index (χ0n) is 19.4. The maximum Gasteiger partial charge on any atom is 0.411 e. The highest BCUT2D eigenvalue weighted by Gasteiger charge is 2.30. The molecule has 1 aromatic heterocycles. The SMILES string of the molecule is CC(C)(C)N(CC(=O)OCc1ccccc1)C(=O)OCc1cc(-n2cccc2)ccc1C(=O)O. The molecule has 1 amide bonds. The number of aromatic carboxylic acids is 1. The van der Waals surface area contributed by atoms with Crippen LogP contribution in [0, 0.1) is 0 Å². The Bertz CT molecular complexity index is 1130. The largest absolute Gasteiger partial charge is 0.478 e. The summed E-state index contributed by atoms with van der Waals surface area (Å²) in [5, 5.41) is 9.54. The van der Waals surface area contributed by atoms with Crippen LogP contribution in [-0.2, 0) is 27.5 Å². The number of benzene rings is 2. The van der Waals surface area contributed by atoms with Crippen LogP contribution in [0.1, 0.15) is 42.3 Å². The monoisotopic (exact) mass is 464 g/mol. The van der Waals surface area contributed by atoms with Crippen LogP contribution in [0.15, 0.2) is 73.1 Å². The van der Waals surface area contributed by atoms with Crippen LogP contribution < -0.4 is 0 Å².